The number of carbonyl (C=O) groups excluding carboxylic acids is 1. The summed E-state index contributed by atoms with van der Waals surface area (Å²) in [6, 6.07) is 8.19. The third-order valence-corrected chi connectivity index (χ3v) is 4.31. The second-order valence-corrected chi connectivity index (χ2v) is 6.02. The van der Waals surface area contributed by atoms with Gasteiger partial charge in [0.2, 0.25) is 0 Å². The number of nitrogens with zero attached hydrogens (tertiary/aromatic N) is 2. The van der Waals surface area contributed by atoms with Gasteiger partial charge in [0, 0.05) is 17.6 Å². The smallest absolute Gasteiger partial charge is 0.255 e. The zero-order valence-electron chi connectivity index (χ0n) is 13.5. The first-order chi connectivity index (χ1) is 10.6. The van der Waals surface area contributed by atoms with E-state index >= 15 is 0 Å². The maximum Gasteiger partial charge on any atom is 0.255 e. The van der Waals surface area contributed by atoms with Crippen LogP contribution >= 0.6 is 0 Å². The summed E-state index contributed by atoms with van der Waals surface area (Å²) in [5, 5.41) is 0.956. The molecule has 1 aliphatic heterocycles. The highest BCUT2D eigenvalue weighted by Crippen LogP contribution is 2.25. The van der Waals surface area contributed by atoms with E-state index in [-0.39, 0.29) is 11.9 Å². The highest BCUT2D eigenvalue weighted by atomic mass is 16.2. The lowest BCUT2D eigenvalue weighted by Gasteiger charge is -2.25. The molecular formula is C19H22N2O. The quantitative estimate of drug-likeness (QED) is 0.801. The van der Waals surface area contributed by atoms with Crippen molar-refractivity contribution in [2.45, 2.75) is 39.7 Å². The monoisotopic (exact) mass is 294 g/mol. The van der Waals surface area contributed by atoms with E-state index < -0.39 is 0 Å². The fraction of sp³-hybridized carbons (Fsp3) is 0.368. The second-order valence-electron chi connectivity index (χ2n) is 6.02. The van der Waals surface area contributed by atoms with Crippen LogP contribution in [0.25, 0.3) is 10.9 Å². The van der Waals surface area contributed by atoms with Crippen LogP contribution in [0, 0.1) is 13.8 Å². The third-order valence-electron chi connectivity index (χ3n) is 4.31. The molecule has 0 saturated heterocycles. The van der Waals surface area contributed by atoms with Crippen LogP contribution in [0.4, 0.5) is 0 Å². The van der Waals surface area contributed by atoms with Crippen LogP contribution in [-0.2, 0) is 0 Å². The number of hydrogen-bond donors (Lipinski definition) is 0. The van der Waals surface area contributed by atoms with Crippen molar-refractivity contribution in [1.29, 1.82) is 0 Å². The van der Waals surface area contributed by atoms with Crippen LogP contribution in [0.5, 0.6) is 0 Å². The topological polar surface area (TPSA) is 33.2 Å². The molecule has 0 fully saturated rings. The van der Waals surface area contributed by atoms with Gasteiger partial charge in [-0.05, 0) is 31.9 Å². The van der Waals surface area contributed by atoms with Gasteiger partial charge in [-0.3, -0.25) is 9.78 Å². The number of aromatic nitrogens is 1. The molecule has 3 nitrogen and oxygen atoms in total. The second kappa shape index (κ2) is 5.91. The third kappa shape index (κ3) is 2.52. The zero-order chi connectivity index (χ0) is 15.7. The van der Waals surface area contributed by atoms with E-state index in [2.05, 4.69) is 24.1 Å². The van der Waals surface area contributed by atoms with Crippen molar-refractivity contribution in [2.75, 3.05) is 6.54 Å². The van der Waals surface area contributed by atoms with Crippen LogP contribution < -0.4 is 0 Å². The molecule has 0 saturated carbocycles. The first kappa shape index (κ1) is 14.8. The Bertz CT molecular complexity index is 748. The summed E-state index contributed by atoms with van der Waals surface area (Å²) in [4.78, 5) is 19.7. The minimum Gasteiger partial charge on any atom is -0.328 e. The van der Waals surface area contributed by atoms with Crippen molar-refractivity contribution in [3.05, 3.63) is 53.2 Å². The number of hydrogen-bond acceptors (Lipinski definition) is 2. The van der Waals surface area contributed by atoms with E-state index in [0.717, 1.165) is 40.6 Å². The van der Waals surface area contributed by atoms with E-state index in [1.165, 1.54) is 0 Å². The van der Waals surface area contributed by atoms with Gasteiger partial charge in [-0.25, -0.2) is 0 Å². The molecule has 22 heavy (non-hydrogen) atoms. The van der Waals surface area contributed by atoms with E-state index in [0.29, 0.717) is 6.54 Å². The van der Waals surface area contributed by atoms with Gasteiger partial charge in [0.1, 0.15) is 0 Å². The van der Waals surface area contributed by atoms with Gasteiger partial charge in [0.15, 0.2) is 0 Å². The Kier molecular flexibility index (Phi) is 3.97. The van der Waals surface area contributed by atoms with Gasteiger partial charge in [0.05, 0.1) is 17.1 Å². The Morgan fingerprint density at radius 2 is 2.18 bits per heavy atom. The predicted octanol–water partition coefficient (Wildman–Crippen LogP) is 4.03. The average molecular weight is 294 g/mol. The van der Waals surface area contributed by atoms with Crippen molar-refractivity contribution in [3.8, 4) is 0 Å². The number of amides is 1. The molecule has 2 aromatic rings. The summed E-state index contributed by atoms with van der Waals surface area (Å²) in [6.45, 7) is 6.86. The van der Waals surface area contributed by atoms with Crippen molar-refractivity contribution in [1.82, 2.24) is 9.88 Å². The Morgan fingerprint density at radius 1 is 1.36 bits per heavy atom. The summed E-state index contributed by atoms with van der Waals surface area (Å²) in [5.41, 5.74) is 3.71. The fourth-order valence-corrected chi connectivity index (χ4v) is 3.20. The Morgan fingerprint density at radius 3 is 2.95 bits per heavy atom. The highest BCUT2D eigenvalue weighted by molar-refractivity contribution is 6.07. The highest BCUT2D eigenvalue weighted by Gasteiger charge is 2.26. The molecule has 1 aromatic carbocycles. The molecule has 2 heterocycles. The summed E-state index contributed by atoms with van der Waals surface area (Å²) >= 11 is 0. The number of benzene rings is 1. The summed E-state index contributed by atoms with van der Waals surface area (Å²) in [7, 11) is 0. The summed E-state index contributed by atoms with van der Waals surface area (Å²) < 4.78 is 0. The van der Waals surface area contributed by atoms with Gasteiger partial charge in [-0.2, -0.15) is 0 Å². The lowest BCUT2D eigenvalue weighted by atomic mass is 10.0. The molecule has 1 aromatic heterocycles. The molecule has 3 rings (SSSR count). The molecule has 0 N–H and O–H groups in total. The van der Waals surface area contributed by atoms with Gasteiger partial charge < -0.3 is 4.90 Å². The lowest BCUT2D eigenvalue weighted by molar-refractivity contribution is 0.0746. The molecule has 0 unspecified atom stereocenters. The number of para-hydroxylation sites is 1. The molecule has 0 spiro atoms. The van der Waals surface area contributed by atoms with Crippen LogP contribution in [-0.4, -0.2) is 28.4 Å². The SMILES string of the molecule is CCC[C@H]1C=CCN1C(=O)c1cc(C)nc2c(C)cccc12. The minimum absolute atomic E-state index is 0.115. The largest absolute Gasteiger partial charge is 0.328 e. The Hall–Kier alpha value is -2.16. The van der Waals surface area contributed by atoms with Crippen LogP contribution in [0.1, 0.15) is 41.4 Å². The molecule has 3 heteroatoms. The molecule has 0 aliphatic carbocycles. The number of aryl methyl sites for hydroxylation is 2. The molecule has 1 aliphatic rings. The van der Waals surface area contributed by atoms with Gasteiger partial charge in [0.25, 0.3) is 5.91 Å². The molecule has 114 valence electrons. The Balaban J connectivity index is 2.06. The predicted molar refractivity (Wildman–Crippen MR) is 90.1 cm³/mol. The first-order valence-electron chi connectivity index (χ1n) is 7.96. The van der Waals surface area contributed by atoms with Gasteiger partial charge in [-0.15, -0.1) is 0 Å². The van der Waals surface area contributed by atoms with Gasteiger partial charge in [-0.1, -0.05) is 43.7 Å². The molecular weight excluding hydrogens is 272 g/mol. The average Bonchev–Trinajstić information content (AvgIpc) is 2.95. The molecule has 0 radical (unpaired) electrons. The standard InChI is InChI=1S/C19H22N2O/c1-4-7-15-9-6-11-21(15)19(22)17-12-14(3)20-18-13(2)8-5-10-16(17)18/h5-6,8-10,12,15H,4,7,11H2,1-3H3/t15-/m0/s1. The Labute approximate surface area is 131 Å². The van der Waals surface area contributed by atoms with Crippen LogP contribution in [0.3, 0.4) is 0 Å². The maximum absolute atomic E-state index is 13.1. The zero-order valence-corrected chi connectivity index (χ0v) is 13.5. The van der Waals surface area contributed by atoms with E-state index in [4.69, 9.17) is 0 Å². The van der Waals surface area contributed by atoms with Crippen LogP contribution in [0.15, 0.2) is 36.4 Å². The number of pyridine rings is 1. The van der Waals surface area contributed by atoms with Crippen molar-refractivity contribution < 1.29 is 4.79 Å². The van der Waals surface area contributed by atoms with Gasteiger partial charge >= 0.3 is 0 Å². The van der Waals surface area contributed by atoms with Crippen molar-refractivity contribution in [3.63, 3.8) is 0 Å². The molecule has 0 bridgehead atoms. The lowest BCUT2D eigenvalue weighted by Crippen LogP contribution is -2.36. The minimum atomic E-state index is 0.115. The summed E-state index contributed by atoms with van der Waals surface area (Å²) in [6.07, 6.45) is 6.35. The number of fused-ring (bicyclic) bond motifs is 1. The molecule has 1 atom stereocenters. The van der Waals surface area contributed by atoms with E-state index in [9.17, 15) is 4.79 Å². The summed E-state index contributed by atoms with van der Waals surface area (Å²) in [5.74, 6) is 0.115. The fourth-order valence-electron chi connectivity index (χ4n) is 3.20. The number of carbonyl (C=O) groups is 1. The van der Waals surface area contributed by atoms with E-state index in [1.54, 1.807) is 0 Å². The van der Waals surface area contributed by atoms with Crippen LogP contribution in [0.2, 0.25) is 0 Å². The normalized spacial score (nSPS) is 17.4. The first-order valence-corrected chi connectivity index (χ1v) is 7.96. The van der Waals surface area contributed by atoms with E-state index in [1.807, 2.05) is 43.0 Å². The van der Waals surface area contributed by atoms with Crippen molar-refractivity contribution >= 4 is 16.8 Å². The van der Waals surface area contributed by atoms with Crippen molar-refractivity contribution in [2.24, 2.45) is 0 Å². The maximum atomic E-state index is 13.1. The molecule has 1 amide bonds. The number of rotatable bonds is 3.